The highest BCUT2D eigenvalue weighted by atomic mass is 16.7. The Labute approximate surface area is 140 Å². The van der Waals surface area contributed by atoms with E-state index in [2.05, 4.69) is 9.97 Å². The number of piperazine rings is 1. The summed E-state index contributed by atoms with van der Waals surface area (Å²) in [6.45, 7) is 8.77. The maximum atomic E-state index is 11.7. The Balaban J connectivity index is 2.00. The van der Waals surface area contributed by atoms with Gasteiger partial charge in [-0.15, -0.1) is 0 Å². The highest BCUT2D eigenvalue weighted by Crippen LogP contribution is 2.20. The minimum absolute atomic E-state index is 0.233. The first-order valence-corrected chi connectivity index (χ1v) is 7.63. The maximum absolute atomic E-state index is 11.7. The third kappa shape index (κ3) is 4.71. The van der Waals surface area contributed by atoms with E-state index in [1.807, 2.05) is 4.90 Å². The molecule has 0 aromatic carbocycles. The summed E-state index contributed by atoms with van der Waals surface area (Å²) in [5.74, 6) is 0.714. The second kappa shape index (κ2) is 6.90. The van der Waals surface area contributed by atoms with Crippen LogP contribution in [0.15, 0.2) is 6.20 Å². The number of nitrogens with zero attached hydrogens (tertiary/aromatic N) is 4. The quantitative estimate of drug-likeness (QED) is 0.815. The molecule has 132 valence electrons. The smallest absolute Gasteiger partial charge is 0.465 e. The molecule has 1 aliphatic heterocycles. The summed E-state index contributed by atoms with van der Waals surface area (Å²) in [6.07, 6.45) is -0.310. The molecule has 1 aromatic rings. The molecule has 1 N–H and O–H groups in total. The minimum atomic E-state index is -0.923. The molecule has 1 amide bonds. The molecule has 9 heteroatoms. The molecule has 0 atom stereocenters. The van der Waals surface area contributed by atoms with Crippen LogP contribution in [0.4, 0.5) is 15.5 Å². The number of ether oxygens (including phenoxy) is 2. The zero-order valence-electron chi connectivity index (χ0n) is 14.3. The van der Waals surface area contributed by atoms with Gasteiger partial charge in [-0.2, -0.15) is 0 Å². The van der Waals surface area contributed by atoms with Crippen molar-refractivity contribution < 1.29 is 24.2 Å². The summed E-state index contributed by atoms with van der Waals surface area (Å²) < 4.78 is 10.2. The van der Waals surface area contributed by atoms with Gasteiger partial charge in [0.25, 0.3) is 0 Å². The first-order chi connectivity index (χ1) is 11.2. The third-order valence-corrected chi connectivity index (χ3v) is 3.34. The van der Waals surface area contributed by atoms with E-state index in [1.165, 1.54) is 11.1 Å². The second-order valence-electron chi connectivity index (χ2n) is 6.44. The van der Waals surface area contributed by atoms with Gasteiger partial charge in [0.2, 0.25) is 5.95 Å². The molecule has 1 aromatic heterocycles. The first kappa shape index (κ1) is 17.8. The fourth-order valence-electron chi connectivity index (χ4n) is 2.15. The molecule has 0 bridgehead atoms. The lowest BCUT2D eigenvalue weighted by Gasteiger charge is -2.33. The fraction of sp³-hybridized carbons (Fsp3) is 0.600. The van der Waals surface area contributed by atoms with Crippen molar-refractivity contribution >= 4 is 18.2 Å². The van der Waals surface area contributed by atoms with Crippen LogP contribution in [0.3, 0.4) is 0 Å². The zero-order valence-corrected chi connectivity index (χ0v) is 14.3. The van der Waals surface area contributed by atoms with Gasteiger partial charge in [0.05, 0.1) is 11.9 Å². The number of anilines is 1. The van der Waals surface area contributed by atoms with Gasteiger partial charge in [-0.25, -0.2) is 19.6 Å². The highest BCUT2D eigenvalue weighted by molar-refractivity contribution is 5.65. The van der Waals surface area contributed by atoms with Crippen LogP contribution in [-0.2, 0) is 4.74 Å². The largest absolute Gasteiger partial charge is 0.514 e. The Hall–Kier alpha value is -2.58. The summed E-state index contributed by atoms with van der Waals surface area (Å²) in [4.78, 5) is 34.4. The standard InChI is InChI=1S/C15H22N4O5/c1-10-11(23-14(22)24-15(2,3)4)9-16-12(17-10)18-5-7-19(8-6-18)13(20)21/h9H,5-8H2,1-4H3,(H,20,21). The lowest BCUT2D eigenvalue weighted by Crippen LogP contribution is -2.48. The Morgan fingerprint density at radius 1 is 1.21 bits per heavy atom. The third-order valence-electron chi connectivity index (χ3n) is 3.34. The van der Waals surface area contributed by atoms with E-state index in [9.17, 15) is 9.59 Å². The van der Waals surface area contributed by atoms with Gasteiger partial charge in [-0.1, -0.05) is 0 Å². The van der Waals surface area contributed by atoms with Crippen molar-refractivity contribution in [3.8, 4) is 5.75 Å². The average Bonchev–Trinajstić information content (AvgIpc) is 2.47. The topological polar surface area (TPSA) is 105 Å². The van der Waals surface area contributed by atoms with Crippen LogP contribution in [0.25, 0.3) is 0 Å². The van der Waals surface area contributed by atoms with Gasteiger partial charge in [-0.3, -0.25) is 0 Å². The second-order valence-corrected chi connectivity index (χ2v) is 6.44. The van der Waals surface area contributed by atoms with E-state index in [0.29, 0.717) is 37.8 Å². The molecule has 0 saturated carbocycles. The Morgan fingerprint density at radius 3 is 2.33 bits per heavy atom. The van der Waals surface area contributed by atoms with Gasteiger partial charge < -0.3 is 24.4 Å². The molecule has 2 rings (SSSR count). The highest BCUT2D eigenvalue weighted by Gasteiger charge is 2.23. The lowest BCUT2D eigenvalue weighted by atomic mass is 10.2. The minimum Gasteiger partial charge on any atom is -0.465 e. The van der Waals surface area contributed by atoms with E-state index in [4.69, 9.17) is 14.6 Å². The molecular weight excluding hydrogens is 316 g/mol. The van der Waals surface area contributed by atoms with Gasteiger partial charge in [0.1, 0.15) is 5.60 Å². The molecule has 1 aliphatic rings. The Kier molecular flexibility index (Phi) is 5.10. The predicted octanol–water partition coefficient (Wildman–Crippen LogP) is 1.90. The molecule has 2 heterocycles. The van der Waals surface area contributed by atoms with Crippen LogP contribution in [0.2, 0.25) is 0 Å². The molecule has 1 saturated heterocycles. The van der Waals surface area contributed by atoms with Crippen molar-refractivity contribution in [2.24, 2.45) is 0 Å². The molecule has 0 spiro atoms. The summed E-state index contributed by atoms with van der Waals surface area (Å²) in [7, 11) is 0. The van der Waals surface area contributed by atoms with Crippen molar-refractivity contribution in [1.82, 2.24) is 14.9 Å². The monoisotopic (exact) mass is 338 g/mol. The lowest BCUT2D eigenvalue weighted by molar-refractivity contribution is 0.0203. The molecule has 0 aliphatic carbocycles. The number of amides is 1. The van der Waals surface area contributed by atoms with Crippen molar-refractivity contribution in [1.29, 1.82) is 0 Å². The van der Waals surface area contributed by atoms with Crippen LogP contribution in [-0.4, -0.2) is 64.0 Å². The van der Waals surface area contributed by atoms with E-state index in [1.54, 1.807) is 27.7 Å². The maximum Gasteiger partial charge on any atom is 0.514 e. The van der Waals surface area contributed by atoms with Crippen LogP contribution in [0.1, 0.15) is 26.5 Å². The predicted molar refractivity (Wildman–Crippen MR) is 85.4 cm³/mol. The number of hydrogen-bond donors (Lipinski definition) is 1. The number of hydrogen-bond acceptors (Lipinski definition) is 7. The van der Waals surface area contributed by atoms with Gasteiger partial charge in [-0.05, 0) is 27.7 Å². The summed E-state index contributed by atoms with van der Waals surface area (Å²) in [5.41, 5.74) is -0.137. The average molecular weight is 338 g/mol. The van der Waals surface area contributed by atoms with E-state index < -0.39 is 17.8 Å². The van der Waals surface area contributed by atoms with Crippen molar-refractivity contribution in [3.63, 3.8) is 0 Å². The molecular formula is C15H22N4O5. The summed E-state index contributed by atoms with van der Waals surface area (Å²) in [6, 6.07) is 0. The van der Waals surface area contributed by atoms with E-state index in [0.717, 1.165) is 0 Å². The van der Waals surface area contributed by atoms with Crippen molar-refractivity contribution in [2.45, 2.75) is 33.3 Å². The first-order valence-electron chi connectivity index (χ1n) is 7.63. The SMILES string of the molecule is Cc1nc(N2CCN(C(=O)O)CC2)ncc1OC(=O)OC(C)(C)C. The number of carbonyl (C=O) groups is 2. The van der Waals surface area contributed by atoms with E-state index in [-0.39, 0.29) is 5.75 Å². The molecule has 0 unspecified atom stereocenters. The molecule has 24 heavy (non-hydrogen) atoms. The summed E-state index contributed by atoms with van der Waals surface area (Å²) >= 11 is 0. The number of aryl methyl sites for hydroxylation is 1. The number of carboxylic acid groups (broad SMARTS) is 1. The van der Waals surface area contributed by atoms with Gasteiger partial charge in [0.15, 0.2) is 5.75 Å². The fourth-order valence-corrected chi connectivity index (χ4v) is 2.15. The molecule has 9 nitrogen and oxygen atoms in total. The van der Waals surface area contributed by atoms with E-state index >= 15 is 0 Å². The Bertz CT molecular complexity index is 621. The normalized spacial score (nSPS) is 15.2. The zero-order chi connectivity index (χ0) is 17.9. The molecule has 0 radical (unpaired) electrons. The number of rotatable bonds is 2. The van der Waals surface area contributed by atoms with Gasteiger partial charge >= 0.3 is 12.2 Å². The van der Waals surface area contributed by atoms with Gasteiger partial charge in [0, 0.05) is 26.2 Å². The summed E-state index contributed by atoms with van der Waals surface area (Å²) in [5, 5.41) is 8.96. The number of carbonyl (C=O) groups excluding carboxylic acids is 1. The van der Waals surface area contributed by atoms with Crippen LogP contribution < -0.4 is 9.64 Å². The van der Waals surface area contributed by atoms with Crippen molar-refractivity contribution in [3.05, 3.63) is 11.9 Å². The van der Waals surface area contributed by atoms with Crippen LogP contribution in [0.5, 0.6) is 5.75 Å². The van der Waals surface area contributed by atoms with Crippen molar-refractivity contribution in [2.75, 3.05) is 31.1 Å². The van der Waals surface area contributed by atoms with Crippen LogP contribution in [0, 0.1) is 6.92 Å². The number of aromatic nitrogens is 2. The van der Waals surface area contributed by atoms with Crippen LogP contribution >= 0.6 is 0 Å². The molecule has 1 fully saturated rings. The Morgan fingerprint density at radius 2 is 1.83 bits per heavy atom.